The lowest BCUT2D eigenvalue weighted by Gasteiger charge is -2.17. The van der Waals surface area contributed by atoms with Crippen molar-refractivity contribution >= 4 is 23.2 Å². The summed E-state index contributed by atoms with van der Waals surface area (Å²) in [6.45, 7) is 0. The van der Waals surface area contributed by atoms with E-state index >= 15 is 0 Å². The molecule has 6 heteroatoms. The Hall–Kier alpha value is -2.69. The van der Waals surface area contributed by atoms with Crippen molar-refractivity contribution in [1.29, 1.82) is 0 Å². The Bertz CT molecular complexity index is 1260. The van der Waals surface area contributed by atoms with Crippen LogP contribution in [0.15, 0.2) is 60.7 Å². The first-order valence-corrected chi connectivity index (χ1v) is 9.89. The second-order valence-corrected chi connectivity index (χ2v) is 7.78. The first-order valence-electron chi connectivity index (χ1n) is 9.14. The van der Waals surface area contributed by atoms with Gasteiger partial charge in [-0.15, -0.1) is 0 Å². The highest BCUT2D eigenvalue weighted by Gasteiger charge is 2.27. The van der Waals surface area contributed by atoms with Crippen molar-refractivity contribution in [2.24, 2.45) is 0 Å². The summed E-state index contributed by atoms with van der Waals surface area (Å²) < 4.78 is 30.1. The molecule has 0 spiro atoms. The first-order chi connectivity index (χ1) is 14.0. The van der Waals surface area contributed by atoms with Crippen LogP contribution in [-0.2, 0) is 12.8 Å². The van der Waals surface area contributed by atoms with Crippen LogP contribution in [0.2, 0.25) is 10.0 Å². The SMILES string of the molecule is Fc1ccc(F)c(-n2nc3c(c2-c2ccc(Cl)c(Cl)c2)-c2ccccc2CC3)c1. The maximum atomic E-state index is 14.7. The van der Waals surface area contributed by atoms with Crippen LogP contribution in [-0.4, -0.2) is 9.78 Å². The van der Waals surface area contributed by atoms with E-state index in [-0.39, 0.29) is 5.69 Å². The third-order valence-corrected chi connectivity index (χ3v) is 5.94. The van der Waals surface area contributed by atoms with Gasteiger partial charge in [0.15, 0.2) is 0 Å². The molecule has 0 aliphatic heterocycles. The monoisotopic (exact) mass is 426 g/mol. The Labute approximate surface area is 176 Å². The summed E-state index contributed by atoms with van der Waals surface area (Å²) in [5.74, 6) is -1.09. The fourth-order valence-electron chi connectivity index (χ4n) is 3.89. The van der Waals surface area contributed by atoms with Gasteiger partial charge in [0.1, 0.15) is 17.3 Å². The van der Waals surface area contributed by atoms with E-state index in [0.717, 1.165) is 47.0 Å². The van der Waals surface area contributed by atoms with Crippen LogP contribution in [0, 0.1) is 11.6 Å². The minimum Gasteiger partial charge on any atom is -0.229 e. The number of nitrogens with zero attached hydrogens (tertiary/aromatic N) is 2. The van der Waals surface area contributed by atoms with Crippen molar-refractivity contribution in [3.63, 3.8) is 0 Å². The van der Waals surface area contributed by atoms with Gasteiger partial charge in [0.25, 0.3) is 0 Å². The summed E-state index contributed by atoms with van der Waals surface area (Å²) in [7, 11) is 0. The quantitative estimate of drug-likeness (QED) is 0.341. The standard InChI is InChI=1S/C23H14Cl2F2N2/c24-17-8-5-14(11-18(17)25)23-22-16-4-2-1-3-13(16)6-10-20(22)28-29(23)21-12-15(26)7-9-19(21)27/h1-5,7-9,11-12H,6,10H2. The molecule has 1 aromatic heterocycles. The van der Waals surface area contributed by atoms with Gasteiger partial charge in [0.2, 0.25) is 0 Å². The summed E-state index contributed by atoms with van der Waals surface area (Å²) >= 11 is 12.4. The van der Waals surface area contributed by atoms with Crippen LogP contribution < -0.4 is 0 Å². The molecule has 0 fully saturated rings. The van der Waals surface area contributed by atoms with E-state index in [0.29, 0.717) is 22.2 Å². The average Bonchev–Trinajstić information content (AvgIpc) is 3.12. The summed E-state index contributed by atoms with van der Waals surface area (Å²) in [6, 6.07) is 16.7. The van der Waals surface area contributed by atoms with Crippen LogP contribution in [0.3, 0.4) is 0 Å². The number of aromatic nitrogens is 2. The van der Waals surface area contributed by atoms with Crippen LogP contribution >= 0.6 is 23.2 Å². The van der Waals surface area contributed by atoms with E-state index in [1.165, 1.54) is 10.2 Å². The maximum Gasteiger partial charge on any atom is 0.149 e. The van der Waals surface area contributed by atoms with Crippen LogP contribution in [0.25, 0.3) is 28.1 Å². The Morgan fingerprint density at radius 2 is 1.69 bits per heavy atom. The lowest BCUT2D eigenvalue weighted by atomic mass is 9.87. The number of hydrogen-bond donors (Lipinski definition) is 0. The molecule has 1 heterocycles. The summed E-state index contributed by atoms with van der Waals surface area (Å²) in [5.41, 5.74) is 5.43. The van der Waals surface area contributed by atoms with Crippen LogP contribution in [0.1, 0.15) is 11.3 Å². The molecule has 0 atom stereocenters. The van der Waals surface area contributed by atoms with Crippen LogP contribution in [0.4, 0.5) is 8.78 Å². The number of hydrogen-bond acceptors (Lipinski definition) is 1. The molecular formula is C23H14Cl2F2N2. The second kappa shape index (κ2) is 6.97. The largest absolute Gasteiger partial charge is 0.229 e. The molecule has 0 amide bonds. The van der Waals surface area contributed by atoms with Crippen molar-refractivity contribution in [1.82, 2.24) is 9.78 Å². The normalized spacial score (nSPS) is 12.6. The fourth-order valence-corrected chi connectivity index (χ4v) is 4.19. The van der Waals surface area contributed by atoms with Gasteiger partial charge in [0.05, 0.1) is 21.4 Å². The van der Waals surface area contributed by atoms with Gasteiger partial charge in [-0.3, -0.25) is 0 Å². The molecule has 0 bridgehead atoms. The molecule has 0 saturated heterocycles. The zero-order valence-electron chi connectivity index (χ0n) is 15.1. The van der Waals surface area contributed by atoms with Gasteiger partial charge in [-0.25, -0.2) is 13.5 Å². The van der Waals surface area contributed by atoms with Crippen molar-refractivity contribution < 1.29 is 8.78 Å². The van der Waals surface area contributed by atoms with Crippen LogP contribution in [0.5, 0.6) is 0 Å². The highest BCUT2D eigenvalue weighted by Crippen LogP contribution is 2.43. The van der Waals surface area contributed by atoms with E-state index in [9.17, 15) is 8.78 Å². The van der Waals surface area contributed by atoms with Crippen molar-refractivity contribution in [3.8, 4) is 28.1 Å². The Morgan fingerprint density at radius 3 is 2.52 bits per heavy atom. The van der Waals surface area contributed by atoms with Gasteiger partial charge in [-0.05, 0) is 48.2 Å². The van der Waals surface area contributed by atoms with Gasteiger partial charge >= 0.3 is 0 Å². The highest BCUT2D eigenvalue weighted by molar-refractivity contribution is 6.42. The molecule has 29 heavy (non-hydrogen) atoms. The van der Waals surface area contributed by atoms with Crippen molar-refractivity contribution in [2.45, 2.75) is 12.8 Å². The number of halogens is 4. The molecule has 0 unspecified atom stereocenters. The first kappa shape index (κ1) is 18.3. The lowest BCUT2D eigenvalue weighted by molar-refractivity contribution is 0.586. The second-order valence-electron chi connectivity index (χ2n) is 6.96. The van der Waals surface area contributed by atoms with E-state index in [2.05, 4.69) is 11.2 Å². The summed E-state index contributed by atoms with van der Waals surface area (Å²) in [4.78, 5) is 0. The van der Waals surface area contributed by atoms with E-state index in [4.69, 9.17) is 23.2 Å². The van der Waals surface area contributed by atoms with Gasteiger partial charge in [-0.1, -0.05) is 53.5 Å². The average molecular weight is 427 g/mol. The van der Waals surface area contributed by atoms with E-state index in [1.54, 1.807) is 12.1 Å². The zero-order chi connectivity index (χ0) is 20.1. The molecule has 1 aliphatic carbocycles. The summed E-state index contributed by atoms with van der Waals surface area (Å²) in [5, 5.41) is 5.49. The molecule has 0 radical (unpaired) electrons. The zero-order valence-corrected chi connectivity index (χ0v) is 16.6. The summed E-state index contributed by atoms with van der Waals surface area (Å²) in [6.07, 6.45) is 1.55. The molecule has 0 N–H and O–H groups in total. The van der Waals surface area contributed by atoms with E-state index < -0.39 is 11.6 Å². The van der Waals surface area contributed by atoms with Gasteiger partial charge in [0, 0.05) is 17.2 Å². The Balaban J connectivity index is 1.87. The topological polar surface area (TPSA) is 17.8 Å². The van der Waals surface area contributed by atoms with Gasteiger partial charge < -0.3 is 0 Å². The predicted octanol–water partition coefficient (Wildman–Crippen LogP) is 6.89. The minimum absolute atomic E-state index is 0.0537. The molecule has 4 aromatic rings. The lowest BCUT2D eigenvalue weighted by Crippen LogP contribution is -2.03. The molecule has 144 valence electrons. The minimum atomic E-state index is -0.555. The van der Waals surface area contributed by atoms with Crippen molar-refractivity contribution in [2.75, 3.05) is 0 Å². The van der Waals surface area contributed by atoms with Crippen molar-refractivity contribution in [3.05, 3.63) is 93.6 Å². The predicted molar refractivity (Wildman–Crippen MR) is 112 cm³/mol. The Kier molecular flexibility index (Phi) is 4.41. The molecular weight excluding hydrogens is 413 g/mol. The fraction of sp³-hybridized carbons (Fsp3) is 0.0870. The molecule has 3 aromatic carbocycles. The third-order valence-electron chi connectivity index (χ3n) is 5.21. The number of rotatable bonds is 2. The smallest absolute Gasteiger partial charge is 0.149 e. The molecule has 0 saturated carbocycles. The highest BCUT2D eigenvalue weighted by atomic mass is 35.5. The molecule has 5 rings (SSSR count). The Morgan fingerprint density at radius 1 is 0.862 bits per heavy atom. The number of fused-ring (bicyclic) bond motifs is 3. The molecule has 1 aliphatic rings. The van der Waals surface area contributed by atoms with E-state index in [1.807, 2.05) is 24.3 Å². The van der Waals surface area contributed by atoms with Gasteiger partial charge in [-0.2, -0.15) is 5.10 Å². The maximum absolute atomic E-state index is 14.7. The molecule has 2 nitrogen and oxygen atoms in total. The number of benzene rings is 3. The number of aryl methyl sites for hydroxylation is 2. The third kappa shape index (κ3) is 3.04.